The smallest absolute Gasteiger partial charge is 0.240 e. The highest BCUT2D eigenvalue weighted by molar-refractivity contribution is 14.0. The predicted octanol–water partition coefficient (Wildman–Crippen LogP) is 2.93. The zero-order chi connectivity index (χ0) is 19.4. The fraction of sp³-hybridized carbons (Fsp3) is 0.316. The number of nitrogens with one attached hydrogen (secondary N) is 3. The van der Waals surface area contributed by atoms with Gasteiger partial charge in [-0.3, -0.25) is 4.99 Å². The molecular formula is C19H27IN4O2S2. The van der Waals surface area contributed by atoms with Gasteiger partial charge in [-0.1, -0.05) is 36.4 Å². The topological polar surface area (TPSA) is 82.6 Å². The molecule has 2 aromatic carbocycles. The lowest BCUT2D eigenvalue weighted by Gasteiger charge is -2.11. The van der Waals surface area contributed by atoms with Crippen LogP contribution in [0.15, 0.2) is 75.4 Å². The number of nitrogens with zero attached hydrogens (tertiary/aromatic N) is 1. The van der Waals surface area contributed by atoms with Gasteiger partial charge >= 0.3 is 0 Å². The van der Waals surface area contributed by atoms with E-state index in [1.54, 1.807) is 42.1 Å². The number of thioether (sulfide) groups is 1. The first kappa shape index (κ1) is 24.7. The van der Waals surface area contributed by atoms with Crippen molar-refractivity contribution in [1.82, 2.24) is 15.4 Å². The highest BCUT2D eigenvalue weighted by Gasteiger charge is 2.11. The van der Waals surface area contributed by atoms with E-state index in [0.717, 1.165) is 18.8 Å². The number of hydrogen-bond donors (Lipinski definition) is 3. The molecule has 0 bridgehead atoms. The molecule has 0 unspecified atom stereocenters. The molecular weight excluding hydrogens is 507 g/mol. The molecule has 2 aromatic rings. The van der Waals surface area contributed by atoms with Crippen LogP contribution in [0.1, 0.15) is 6.92 Å². The fourth-order valence-electron chi connectivity index (χ4n) is 2.23. The largest absolute Gasteiger partial charge is 0.357 e. The van der Waals surface area contributed by atoms with Gasteiger partial charge in [-0.15, -0.1) is 35.7 Å². The van der Waals surface area contributed by atoms with Gasteiger partial charge in [0.25, 0.3) is 0 Å². The molecule has 0 aliphatic rings. The molecule has 0 spiro atoms. The molecule has 0 aliphatic carbocycles. The Morgan fingerprint density at radius 2 is 1.61 bits per heavy atom. The Kier molecular flexibility index (Phi) is 12.2. The van der Waals surface area contributed by atoms with Crippen molar-refractivity contribution in [3.63, 3.8) is 0 Å². The lowest BCUT2D eigenvalue weighted by molar-refractivity contribution is 0.582. The van der Waals surface area contributed by atoms with Crippen molar-refractivity contribution in [2.45, 2.75) is 16.7 Å². The van der Waals surface area contributed by atoms with Crippen LogP contribution in [0, 0.1) is 0 Å². The Hall–Kier alpha value is -1.30. The summed E-state index contributed by atoms with van der Waals surface area (Å²) in [6.45, 7) is 4.10. The summed E-state index contributed by atoms with van der Waals surface area (Å²) in [5.74, 6) is 1.60. The van der Waals surface area contributed by atoms with Gasteiger partial charge in [-0.2, -0.15) is 0 Å². The zero-order valence-electron chi connectivity index (χ0n) is 15.8. The average molecular weight is 534 g/mol. The Morgan fingerprint density at radius 1 is 0.964 bits per heavy atom. The van der Waals surface area contributed by atoms with E-state index >= 15 is 0 Å². The molecule has 2 rings (SSSR count). The first-order chi connectivity index (χ1) is 13.1. The third-order valence-corrected chi connectivity index (χ3v) is 5.97. The van der Waals surface area contributed by atoms with Crippen LogP contribution in [0.25, 0.3) is 0 Å². The van der Waals surface area contributed by atoms with E-state index in [2.05, 4.69) is 32.5 Å². The van der Waals surface area contributed by atoms with Crippen molar-refractivity contribution in [1.29, 1.82) is 0 Å². The average Bonchev–Trinajstić information content (AvgIpc) is 2.70. The van der Waals surface area contributed by atoms with Gasteiger partial charge in [0.2, 0.25) is 10.0 Å². The molecule has 0 atom stereocenters. The second-order valence-electron chi connectivity index (χ2n) is 5.56. The van der Waals surface area contributed by atoms with Crippen molar-refractivity contribution in [3.05, 3.63) is 60.7 Å². The van der Waals surface area contributed by atoms with Gasteiger partial charge in [0.1, 0.15) is 0 Å². The van der Waals surface area contributed by atoms with Crippen LogP contribution in [-0.2, 0) is 10.0 Å². The number of sulfonamides is 1. The van der Waals surface area contributed by atoms with E-state index in [4.69, 9.17) is 0 Å². The molecule has 0 aromatic heterocycles. The van der Waals surface area contributed by atoms with Gasteiger partial charge in [0, 0.05) is 30.3 Å². The number of guanidine groups is 1. The maximum absolute atomic E-state index is 12.2. The number of halogens is 1. The van der Waals surface area contributed by atoms with Gasteiger partial charge < -0.3 is 10.6 Å². The minimum Gasteiger partial charge on any atom is -0.357 e. The summed E-state index contributed by atoms with van der Waals surface area (Å²) in [6, 6.07) is 18.6. The predicted molar refractivity (Wildman–Crippen MR) is 128 cm³/mol. The number of hydrogen-bond acceptors (Lipinski definition) is 4. The highest BCUT2D eigenvalue weighted by Crippen LogP contribution is 2.15. The Bertz CT molecular complexity index is 803. The molecule has 154 valence electrons. The maximum Gasteiger partial charge on any atom is 0.240 e. The minimum atomic E-state index is -3.49. The van der Waals surface area contributed by atoms with Crippen LogP contribution in [0.4, 0.5) is 0 Å². The van der Waals surface area contributed by atoms with E-state index in [9.17, 15) is 8.42 Å². The van der Waals surface area contributed by atoms with Crippen LogP contribution in [0.5, 0.6) is 0 Å². The molecule has 28 heavy (non-hydrogen) atoms. The first-order valence-electron chi connectivity index (χ1n) is 8.86. The van der Waals surface area contributed by atoms with Crippen LogP contribution in [-0.4, -0.2) is 46.3 Å². The van der Waals surface area contributed by atoms with E-state index in [1.807, 2.05) is 25.1 Å². The van der Waals surface area contributed by atoms with Crippen molar-refractivity contribution >= 4 is 51.7 Å². The normalized spacial score (nSPS) is 11.5. The SMILES string of the molecule is CCNC(=NCCNS(=O)(=O)c1ccccc1)NCCSc1ccccc1.I. The van der Waals surface area contributed by atoms with Crippen molar-refractivity contribution in [2.24, 2.45) is 4.99 Å². The molecule has 0 heterocycles. The van der Waals surface area contributed by atoms with Crippen LogP contribution >= 0.6 is 35.7 Å². The number of rotatable bonds is 10. The summed E-state index contributed by atoms with van der Waals surface area (Å²) in [7, 11) is -3.49. The summed E-state index contributed by atoms with van der Waals surface area (Å²) < 4.78 is 26.9. The van der Waals surface area contributed by atoms with E-state index in [0.29, 0.717) is 12.5 Å². The Balaban J connectivity index is 0.00000392. The van der Waals surface area contributed by atoms with Crippen molar-refractivity contribution in [2.75, 3.05) is 31.9 Å². The van der Waals surface area contributed by atoms with Crippen LogP contribution < -0.4 is 15.4 Å². The molecule has 0 radical (unpaired) electrons. The molecule has 0 aliphatic heterocycles. The minimum absolute atomic E-state index is 0. The van der Waals surface area contributed by atoms with Gasteiger partial charge in [-0.25, -0.2) is 13.1 Å². The number of aliphatic imine (C=N–C) groups is 1. The molecule has 0 saturated carbocycles. The quantitative estimate of drug-likeness (QED) is 0.144. The van der Waals surface area contributed by atoms with E-state index in [-0.39, 0.29) is 35.4 Å². The first-order valence-corrected chi connectivity index (χ1v) is 11.3. The molecule has 6 nitrogen and oxygen atoms in total. The molecule has 0 saturated heterocycles. The molecule has 0 amide bonds. The summed E-state index contributed by atoms with van der Waals surface area (Å²) in [5, 5.41) is 6.42. The summed E-state index contributed by atoms with van der Waals surface area (Å²) in [6.07, 6.45) is 0. The Labute approximate surface area is 189 Å². The lowest BCUT2D eigenvalue weighted by atomic mass is 10.4. The third kappa shape index (κ3) is 9.26. The zero-order valence-corrected chi connectivity index (χ0v) is 19.8. The highest BCUT2D eigenvalue weighted by atomic mass is 127. The fourth-order valence-corrected chi connectivity index (χ4v) is 4.06. The van der Waals surface area contributed by atoms with Crippen LogP contribution in [0.3, 0.4) is 0 Å². The molecule has 3 N–H and O–H groups in total. The Morgan fingerprint density at radius 3 is 2.25 bits per heavy atom. The van der Waals surface area contributed by atoms with Gasteiger partial charge in [-0.05, 0) is 31.2 Å². The summed E-state index contributed by atoms with van der Waals surface area (Å²) >= 11 is 1.77. The van der Waals surface area contributed by atoms with Gasteiger partial charge in [0.15, 0.2) is 5.96 Å². The monoisotopic (exact) mass is 534 g/mol. The van der Waals surface area contributed by atoms with Gasteiger partial charge in [0.05, 0.1) is 11.4 Å². The second kappa shape index (κ2) is 13.8. The summed E-state index contributed by atoms with van der Waals surface area (Å²) in [4.78, 5) is 5.91. The van der Waals surface area contributed by atoms with Crippen molar-refractivity contribution in [3.8, 4) is 0 Å². The lowest BCUT2D eigenvalue weighted by Crippen LogP contribution is -2.39. The standard InChI is InChI=1S/C19H26N4O2S2.HI/c1-2-20-19(22-15-16-26-17-9-5-3-6-10-17)21-13-14-23-27(24,25)18-11-7-4-8-12-18;/h3-12,23H,2,13-16H2,1H3,(H2,20,21,22);1H. The third-order valence-electron chi connectivity index (χ3n) is 3.48. The number of benzene rings is 2. The van der Waals surface area contributed by atoms with Crippen LogP contribution in [0.2, 0.25) is 0 Å². The second-order valence-corrected chi connectivity index (χ2v) is 8.50. The van der Waals surface area contributed by atoms with E-state index < -0.39 is 10.0 Å². The van der Waals surface area contributed by atoms with E-state index in [1.165, 1.54) is 4.90 Å². The summed E-state index contributed by atoms with van der Waals surface area (Å²) in [5.41, 5.74) is 0. The molecule has 9 heteroatoms. The van der Waals surface area contributed by atoms with Crippen molar-refractivity contribution < 1.29 is 8.42 Å². The maximum atomic E-state index is 12.2. The molecule has 0 fully saturated rings.